The molecule has 0 saturated heterocycles. The minimum atomic E-state index is -5.14. The maximum Gasteiger partial charge on any atom is 2.00 e. The van der Waals surface area contributed by atoms with Crippen LogP contribution >= 0.6 is 7.82 Å². The predicted octanol–water partition coefficient (Wildman–Crippen LogP) is -8.19. The first-order valence-corrected chi connectivity index (χ1v) is 2.24. The van der Waals surface area contributed by atoms with Crippen LogP contribution in [0.1, 0.15) is 0 Å². The number of hydrogen-bond donors (Lipinski definition) is 1. The molecular formula is HFLiMnO4P. The van der Waals surface area contributed by atoms with Crippen molar-refractivity contribution >= 4 is 7.82 Å². The minimum absolute atomic E-state index is 0. The summed E-state index contributed by atoms with van der Waals surface area (Å²) in [4.78, 5) is 24.3. The van der Waals surface area contributed by atoms with Gasteiger partial charge in [-0.2, -0.15) is 0 Å². The van der Waals surface area contributed by atoms with Crippen molar-refractivity contribution < 1.29 is 59.9 Å². The van der Waals surface area contributed by atoms with E-state index in [1.54, 1.807) is 0 Å². The van der Waals surface area contributed by atoms with E-state index < -0.39 is 7.82 Å². The average Bonchev–Trinajstić information content (AvgIpc) is 0.722. The van der Waals surface area contributed by atoms with E-state index in [-0.39, 0.29) is 40.6 Å². The first-order chi connectivity index (χ1) is 2.00. The van der Waals surface area contributed by atoms with Crippen molar-refractivity contribution in [2.24, 2.45) is 0 Å². The second-order valence-electron chi connectivity index (χ2n) is 0.469. The third-order valence-electron chi connectivity index (χ3n) is 0. The third-order valence-corrected chi connectivity index (χ3v) is 0. The number of rotatable bonds is 0. The van der Waals surface area contributed by atoms with Crippen LogP contribution in [0.4, 0.5) is 0 Å². The van der Waals surface area contributed by atoms with Gasteiger partial charge in [-0.1, -0.05) is 0 Å². The van der Waals surface area contributed by atoms with Gasteiger partial charge < -0.3 is 23.9 Å². The molecule has 0 amide bonds. The summed E-state index contributed by atoms with van der Waals surface area (Å²) < 4.78 is 8.66. The fraction of sp³-hybridized carbons (Fsp3) is 0. The smallest absolute Gasteiger partial charge is 1.00 e. The molecule has 8 heteroatoms. The van der Waals surface area contributed by atoms with Crippen molar-refractivity contribution in [1.82, 2.24) is 0 Å². The minimum Gasteiger partial charge on any atom is -1.00 e. The second-order valence-corrected chi connectivity index (χ2v) is 1.41. The monoisotopic (exact) mass is 177 g/mol. The van der Waals surface area contributed by atoms with E-state index in [1.807, 2.05) is 0 Å². The molecule has 0 aromatic heterocycles. The van der Waals surface area contributed by atoms with E-state index in [4.69, 9.17) is 19.2 Å². The molecule has 0 aromatic carbocycles. The van der Waals surface area contributed by atoms with Gasteiger partial charge in [0.2, 0.25) is 0 Å². The molecule has 0 aliphatic carbocycles. The van der Waals surface area contributed by atoms with E-state index in [1.165, 1.54) is 0 Å². The Hall–Kier alpha value is 1.16. The summed E-state index contributed by atoms with van der Waals surface area (Å²) in [7, 11) is -5.14. The van der Waals surface area contributed by atoms with Crippen LogP contribution in [0.15, 0.2) is 0 Å². The SMILES string of the molecule is O=P([O-])([O-])O.[F-].[Li+].[Mn+2]. The molecule has 0 spiro atoms. The van der Waals surface area contributed by atoms with Crippen LogP contribution in [-0.2, 0) is 21.6 Å². The van der Waals surface area contributed by atoms with Crippen LogP contribution < -0.4 is 33.4 Å². The van der Waals surface area contributed by atoms with Crippen molar-refractivity contribution in [3.8, 4) is 0 Å². The molecule has 1 radical (unpaired) electrons. The van der Waals surface area contributed by atoms with Gasteiger partial charge >= 0.3 is 35.9 Å². The van der Waals surface area contributed by atoms with Gasteiger partial charge in [-0.05, 0) is 0 Å². The van der Waals surface area contributed by atoms with E-state index in [0.717, 1.165) is 0 Å². The molecule has 0 fully saturated rings. The Morgan fingerprint density at radius 2 is 1.38 bits per heavy atom. The Balaban J connectivity index is -0.0000000267. The van der Waals surface area contributed by atoms with E-state index in [0.29, 0.717) is 0 Å². The third kappa shape index (κ3) is 203. The maximum atomic E-state index is 8.66. The predicted molar refractivity (Wildman–Crippen MR) is 9.83 cm³/mol. The van der Waals surface area contributed by atoms with Crippen molar-refractivity contribution in [3.63, 3.8) is 0 Å². The normalized spacial score (nSPS) is 7.38. The van der Waals surface area contributed by atoms with Crippen LogP contribution in [0.3, 0.4) is 0 Å². The summed E-state index contributed by atoms with van der Waals surface area (Å²) in [6.45, 7) is 0. The summed E-state index contributed by atoms with van der Waals surface area (Å²) in [5.41, 5.74) is 0. The zero-order valence-corrected chi connectivity index (χ0v) is 5.95. The molecule has 0 aromatic rings. The van der Waals surface area contributed by atoms with Crippen molar-refractivity contribution in [3.05, 3.63) is 0 Å². The largest absolute Gasteiger partial charge is 2.00 e. The molecule has 0 bridgehead atoms. The molecule has 0 aliphatic heterocycles. The molecule has 8 heavy (non-hydrogen) atoms. The van der Waals surface area contributed by atoms with Crippen LogP contribution in [-0.4, -0.2) is 4.89 Å². The van der Waals surface area contributed by atoms with Crippen molar-refractivity contribution in [2.45, 2.75) is 0 Å². The Morgan fingerprint density at radius 3 is 1.38 bits per heavy atom. The van der Waals surface area contributed by atoms with Gasteiger partial charge in [0.05, 0.1) is 7.82 Å². The number of halogens is 1. The van der Waals surface area contributed by atoms with Gasteiger partial charge in [0, 0.05) is 0 Å². The molecule has 4 nitrogen and oxygen atoms in total. The molecule has 1 N–H and O–H groups in total. The fourth-order valence-corrected chi connectivity index (χ4v) is 0. The molecule has 0 atom stereocenters. The van der Waals surface area contributed by atoms with Crippen LogP contribution in [0.25, 0.3) is 0 Å². The first kappa shape index (κ1) is 22.9. The standard InChI is InChI=1S/FH.Li.Mn.H3O4P/c;;;1-5(2,3)4/h1H;;;(H3,1,2,3,4)/q;+1;+2;/p-3. The Morgan fingerprint density at radius 1 is 1.38 bits per heavy atom. The van der Waals surface area contributed by atoms with Gasteiger partial charge in [0.1, 0.15) is 0 Å². The molecule has 0 unspecified atom stereocenters. The van der Waals surface area contributed by atoms with Crippen LogP contribution in [0.5, 0.6) is 0 Å². The summed E-state index contributed by atoms with van der Waals surface area (Å²) >= 11 is 0. The second kappa shape index (κ2) is 8.16. The van der Waals surface area contributed by atoms with E-state index >= 15 is 0 Å². The maximum absolute atomic E-state index is 8.66. The topological polar surface area (TPSA) is 83.4 Å². The van der Waals surface area contributed by atoms with Gasteiger partial charge in [-0.3, -0.25) is 0 Å². The zero-order chi connectivity index (χ0) is 4.50. The van der Waals surface area contributed by atoms with E-state index in [9.17, 15) is 0 Å². The quantitative estimate of drug-likeness (QED) is 0.294. The van der Waals surface area contributed by atoms with Gasteiger partial charge in [0.15, 0.2) is 0 Å². The summed E-state index contributed by atoms with van der Waals surface area (Å²) in [5, 5.41) is 0. The van der Waals surface area contributed by atoms with Gasteiger partial charge in [-0.25, -0.2) is 0 Å². The Bertz CT molecular complexity index is 62.2. The molecule has 0 heterocycles. The number of phosphoric acid groups is 1. The van der Waals surface area contributed by atoms with Crippen molar-refractivity contribution in [1.29, 1.82) is 0 Å². The first-order valence-electron chi connectivity index (χ1n) is 0.748. The fourth-order valence-electron chi connectivity index (χ4n) is 0. The molecule has 0 aliphatic rings. The number of hydrogen-bond acceptors (Lipinski definition) is 3. The van der Waals surface area contributed by atoms with Crippen molar-refractivity contribution in [2.75, 3.05) is 0 Å². The molecule has 45 valence electrons. The summed E-state index contributed by atoms with van der Waals surface area (Å²) in [6.07, 6.45) is 0. The summed E-state index contributed by atoms with van der Waals surface area (Å²) in [6, 6.07) is 0. The molecule has 0 saturated carbocycles. The summed E-state index contributed by atoms with van der Waals surface area (Å²) in [5.74, 6) is 0. The van der Waals surface area contributed by atoms with E-state index in [2.05, 4.69) is 0 Å². The average molecular weight is 177 g/mol. The molecule has 0 rings (SSSR count). The Kier molecular flexibility index (Phi) is 23.4. The van der Waals surface area contributed by atoms with Crippen LogP contribution in [0, 0.1) is 0 Å². The molecular weight excluding hydrogens is 176 g/mol. The van der Waals surface area contributed by atoms with Crippen LogP contribution in [0.2, 0.25) is 0 Å². The van der Waals surface area contributed by atoms with Gasteiger partial charge in [0.25, 0.3) is 0 Å². The Labute approximate surface area is 67.9 Å². The van der Waals surface area contributed by atoms with Gasteiger partial charge in [-0.15, -0.1) is 0 Å². The zero-order valence-electron chi connectivity index (χ0n) is 3.88.